The van der Waals surface area contributed by atoms with Gasteiger partial charge >= 0.3 is 5.97 Å². The smallest absolute Gasteiger partial charge is 0.307 e. The van der Waals surface area contributed by atoms with Crippen LogP contribution >= 0.6 is 0 Å². The fourth-order valence-electron chi connectivity index (χ4n) is 4.20. The summed E-state index contributed by atoms with van der Waals surface area (Å²) in [5.41, 5.74) is 2.41. The quantitative estimate of drug-likeness (QED) is 0.800. The number of rotatable bonds is 3. The van der Waals surface area contributed by atoms with E-state index in [0.717, 1.165) is 49.1 Å². The Morgan fingerprint density at radius 2 is 2.00 bits per heavy atom. The van der Waals surface area contributed by atoms with Crippen LogP contribution in [0.2, 0.25) is 0 Å². The molecule has 1 aromatic rings. The fraction of sp³-hybridized carbons (Fsp3) is 0.632. The Morgan fingerprint density at radius 1 is 1.29 bits per heavy atom. The first-order valence-electron chi connectivity index (χ1n) is 8.81. The molecule has 2 aliphatic rings. The lowest BCUT2D eigenvalue weighted by Gasteiger charge is -2.37. The summed E-state index contributed by atoms with van der Waals surface area (Å²) < 4.78 is 5.66. The van der Waals surface area contributed by atoms with Gasteiger partial charge in [0.1, 0.15) is 5.60 Å². The monoisotopic (exact) mass is 330 g/mol. The van der Waals surface area contributed by atoms with Gasteiger partial charge in [0.05, 0.1) is 24.6 Å². The Bertz CT molecular complexity index is 630. The molecule has 1 saturated carbocycles. The van der Waals surface area contributed by atoms with Crippen LogP contribution in [-0.4, -0.2) is 34.4 Å². The van der Waals surface area contributed by atoms with Gasteiger partial charge in [-0.1, -0.05) is 6.42 Å². The highest BCUT2D eigenvalue weighted by Crippen LogP contribution is 2.44. The van der Waals surface area contributed by atoms with Crippen molar-refractivity contribution < 1.29 is 14.3 Å². The number of hydrogen-bond acceptors (Lipinski definition) is 4. The van der Waals surface area contributed by atoms with Crippen LogP contribution in [0.3, 0.4) is 0 Å². The SMILES string of the molecule is Cc1cc(C)nc(CN(C)C(=O)C2CC(=O)OC23CCCCC3)c1. The second-order valence-corrected chi connectivity index (χ2v) is 7.33. The third-order valence-electron chi connectivity index (χ3n) is 5.25. The van der Waals surface area contributed by atoms with Crippen molar-refractivity contribution in [2.45, 2.75) is 64.5 Å². The van der Waals surface area contributed by atoms with Gasteiger partial charge in [-0.05, 0) is 57.2 Å². The summed E-state index contributed by atoms with van der Waals surface area (Å²) in [6.07, 6.45) is 5.04. The molecule has 0 radical (unpaired) electrons. The van der Waals surface area contributed by atoms with Crippen molar-refractivity contribution in [1.29, 1.82) is 0 Å². The maximum absolute atomic E-state index is 13.0. The molecule has 1 aliphatic carbocycles. The van der Waals surface area contributed by atoms with Crippen molar-refractivity contribution in [3.05, 3.63) is 29.1 Å². The van der Waals surface area contributed by atoms with Crippen LogP contribution < -0.4 is 0 Å². The van der Waals surface area contributed by atoms with Crippen LogP contribution in [0.15, 0.2) is 12.1 Å². The molecule has 1 atom stereocenters. The normalized spacial score (nSPS) is 22.5. The lowest BCUT2D eigenvalue weighted by atomic mass is 9.75. The molecule has 130 valence electrons. The zero-order valence-electron chi connectivity index (χ0n) is 14.8. The lowest BCUT2D eigenvalue weighted by Crippen LogP contribution is -2.46. The van der Waals surface area contributed by atoms with Crippen molar-refractivity contribution in [3.8, 4) is 0 Å². The van der Waals surface area contributed by atoms with Gasteiger partial charge < -0.3 is 9.64 Å². The van der Waals surface area contributed by atoms with Crippen LogP contribution in [0.25, 0.3) is 0 Å². The number of hydrogen-bond donors (Lipinski definition) is 0. The minimum Gasteiger partial charge on any atom is -0.458 e. The first-order valence-corrected chi connectivity index (χ1v) is 8.81. The third-order valence-corrected chi connectivity index (χ3v) is 5.25. The van der Waals surface area contributed by atoms with Gasteiger partial charge in [0.15, 0.2) is 0 Å². The summed E-state index contributed by atoms with van der Waals surface area (Å²) in [5, 5.41) is 0. The van der Waals surface area contributed by atoms with E-state index in [4.69, 9.17) is 4.74 Å². The number of carbonyl (C=O) groups excluding carboxylic acids is 2. The largest absolute Gasteiger partial charge is 0.458 e. The molecule has 1 saturated heterocycles. The molecule has 1 unspecified atom stereocenters. The van der Waals surface area contributed by atoms with Gasteiger partial charge in [0.25, 0.3) is 0 Å². The molecule has 24 heavy (non-hydrogen) atoms. The number of aryl methyl sites for hydroxylation is 2. The van der Waals surface area contributed by atoms with Crippen LogP contribution in [0, 0.1) is 19.8 Å². The molecule has 0 aromatic carbocycles. The van der Waals surface area contributed by atoms with Crippen LogP contribution in [0.5, 0.6) is 0 Å². The van der Waals surface area contributed by atoms with E-state index in [1.807, 2.05) is 26.0 Å². The summed E-state index contributed by atoms with van der Waals surface area (Å²) in [6, 6.07) is 4.02. The summed E-state index contributed by atoms with van der Waals surface area (Å²) in [6.45, 7) is 4.45. The maximum Gasteiger partial charge on any atom is 0.307 e. The standard InChI is InChI=1S/C19H26N2O3/c1-13-9-14(2)20-15(10-13)12-21(3)18(23)16-11-17(22)24-19(16)7-5-4-6-8-19/h9-10,16H,4-8,11-12H2,1-3H3. The zero-order chi connectivity index (χ0) is 17.3. The predicted molar refractivity (Wildman–Crippen MR) is 90.2 cm³/mol. The second kappa shape index (κ2) is 6.54. The topological polar surface area (TPSA) is 59.5 Å². The van der Waals surface area contributed by atoms with E-state index in [0.29, 0.717) is 6.54 Å². The van der Waals surface area contributed by atoms with E-state index < -0.39 is 5.60 Å². The number of aromatic nitrogens is 1. The van der Waals surface area contributed by atoms with Gasteiger partial charge in [0, 0.05) is 12.7 Å². The molecule has 1 spiro atoms. The summed E-state index contributed by atoms with van der Waals surface area (Å²) in [5.74, 6) is -0.571. The van der Waals surface area contributed by atoms with E-state index in [2.05, 4.69) is 4.98 Å². The highest BCUT2D eigenvalue weighted by atomic mass is 16.6. The van der Waals surface area contributed by atoms with Crippen LogP contribution in [0.1, 0.15) is 55.5 Å². The van der Waals surface area contributed by atoms with Gasteiger partial charge in [-0.2, -0.15) is 0 Å². The van der Waals surface area contributed by atoms with E-state index in [9.17, 15) is 9.59 Å². The Balaban J connectivity index is 1.75. The Kier molecular flexibility index (Phi) is 4.61. The number of nitrogens with zero attached hydrogens (tertiary/aromatic N) is 2. The molecule has 1 aromatic heterocycles. The Labute approximate surface area is 143 Å². The predicted octanol–water partition coefficient (Wildman–Crippen LogP) is 2.92. The summed E-state index contributed by atoms with van der Waals surface area (Å²) >= 11 is 0. The Hall–Kier alpha value is -1.91. The van der Waals surface area contributed by atoms with Gasteiger partial charge in [-0.3, -0.25) is 14.6 Å². The first-order chi connectivity index (χ1) is 11.4. The zero-order valence-corrected chi connectivity index (χ0v) is 14.8. The van der Waals surface area contributed by atoms with Crippen LogP contribution in [0.4, 0.5) is 0 Å². The fourth-order valence-corrected chi connectivity index (χ4v) is 4.20. The molecular weight excluding hydrogens is 304 g/mol. The van der Waals surface area contributed by atoms with Gasteiger partial charge in [-0.25, -0.2) is 0 Å². The molecule has 5 nitrogen and oxygen atoms in total. The molecule has 2 fully saturated rings. The molecule has 1 amide bonds. The summed E-state index contributed by atoms with van der Waals surface area (Å²) in [7, 11) is 1.79. The molecule has 0 N–H and O–H groups in total. The van der Waals surface area contributed by atoms with E-state index in [1.54, 1.807) is 11.9 Å². The van der Waals surface area contributed by atoms with Crippen molar-refractivity contribution >= 4 is 11.9 Å². The molecule has 1 aliphatic heterocycles. The second-order valence-electron chi connectivity index (χ2n) is 7.33. The molecular formula is C19H26N2O3. The van der Waals surface area contributed by atoms with Crippen molar-refractivity contribution in [2.75, 3.05) is 7.05 Å². The maximum atomic E-state index is 13.0. The molecule has 0 bridgehead atoms. The number of esters is 1. The first kappa shape index (κ1) is 16.9. The number of carbonyl (C=O) groups is 2. The van der Waals surface area contributed by atoms with E-state index in [1.165, 1.54) is 0 Å². The van der Waals surface area contributed by atoms with Gasteiger partial charge in [-0.15, -0.1) is 0 Å². The molecule has 5 heteroatoms. The lowest BCUT2D eigenvalue weighted by molar-refractivity contribution is -0.155. The average Bonchev–Trinajstić information content (AvgIpc) is 2.82. The number of pyridine rings is 1. The Morgan fingerprint density at radius 3 is 2.67 bits per heavy atom. The highest BCUT2D eigenvalue weighted by Gasteiger charge is 2.53. The third kappa shape index (κ3) is 3.30. The minimum atomic E-state index is -0.559. The molecule has 3 rings (SSSR count). The van der Waals surface area contributed by atoms with E-state index in [-0.39, 0.29) is 24.2 Å². The van der Waals surface area contributed by atoms with Crippen molar-refractivity contribution in [1.82, 2.24) is 9.88 Å². The highest BCUT2D eigenvalue weighted by molar-refractivity contribution is 5.87. The summed E-state index contributed by atoms with van der Waals surface area (Å²) in [4.78, 5) is 31.1. The van der Waals surface area contributed by atoms with Crippen molar-refractivity contribution in [2.24, 2.45) is 5.92 Å². The molecule has 2 heterocycles. The van der Waals surface area contributed by atoms with E-state index >= 15 is 0 Å². The van der Waals surface area contributed by atoms with Crippen molar-refractivity contribution in [3.63, 3.8) is 0 Å². The minimum absolute atomic E-state index is 0.00343. The van der Waals surface area contributed by atoms with Crippen LogP contribution in [-0.2, 0) is 20.9 Å². The van der Waals surface area contributed by atoms with Gasteiger partial charge in [0.2, 0.25) is 5.91 Å². The average molecular weight is 330 g/mol. The number of amides is 1. The number of ether oxygens (including phenoxy) is 1.